The van der Waals surface area contributed by atoms with Crippen LogP contribution in [-0.2, 0) is 5.75 Å². The van der Waals surface area contributed by atoms with Crippen LogP contribution in [0.1, 0.15) is 5.56 Å². The monoisotopic (exact) mass is 346 g/mol. The van der Waals surface area contributed by atoms with Gasteiger partial charge in [-0.2, -0.15) is 0 Å². The fourth-order valence-electron chi connectivity index (χ4n) is 2.09. The number of hydrogen-bond acceptors (Lipinski definition) is 1. The van der Waals surface area contributed by atoms with Gasteiger partial charge in [-0.15, -0.1) is 11.8 Å². The quantitative estimate of drug-likeness (QED) is 0.521. The molecule has 20 heavy (non-hydrogen) atoms. The summed E-state index contributed by atoms with van der Waals surface area (Å²) >= 11 is 5.20. The molecule has 0 aliphatic heterocycles. The van der Waals surface area contributed by atoms with Crippen molar-refractivity contribution in [3.05, 3.63) is 76.5 Å². The Kier molecular flexibility index (Phi) is 4.08. The average molecular weight is 347 g/mol. The molecule has 0 N–H and O–H groups in total. The average Bonchev–Trinajstić information content (AvgIpc) is 2.46. The van der Waals surface area contributed by atoms with E-state index >= 15 is 0 Å². The van der Waals surface area contributed by atoms with Crippen LogP contribution in [0.4, 0.5) is 4.39 Å². The van der Waals surface area contributed by atoms with Crippen LogP contribution in [0.25, 0.3) is 10.8 Å². The molecule has 0 saturated heterocycles. The largest absolute Gasteiger partial charge is 0.207 e. The third kappa shape index (κ3) is 2.89. The van der Waals surface area contributed by atoms with Gasteiger partial charge in [0.1, 0.15) is 5.82 Å². The maximum atomic E-state index is 13.6. The normalized spacial score (nSPS) is 10.9. The Hall–Kier alpha value is -1.32. The minimum Gasteiger partial charge on any atom is -0.207 e. The summed E-state index contributed by atoms with van der Waals surface area (Å²) < 4.78 is 14.7. The first kappa shape index (κ1) is 13.7. The highest BCUT2D eigenvalue weighted by atomic mass is 79.9. The third-order valence-electron chi connectivity index (χ3n) is 3.15. The smallest absolute Gasteiger partial charge is 0.127 e. The van der Waals surface area contributed by atoms with E-state index in [-0.39, 0.29) is 5.82 Å². The van der Waals surface area contributed by atoms with Gasteiger partial charge in [0.05, 0.1) is 0 Å². The zero-order chi connectivity index (χ0) is 13.9. The Bertz CT molecular complexity index is 755. The maximum absolute atomic E-state index is 13.6. The van der Waals surface area contributed by atoms with E-state index in [1.807, 2.05) is 24.3 Å². The van der Waals surface area contributed by atoms with Crippen molar-refractivity contribution in [2.24, 2.45) is 0 Å². The standard InChI is InChI=1S/C17H12BrFS/c18-16-6-3-5-12-10-14(8-9-15(12)16)20-11-13-4-1-2-7-17(13)19/h1-10H,11H2. The van der Waals surface area contributed by atoms with Gasteiger partial charge in [0, 0.05) is 15.1 Å². The molecule has 0 atom stereocenters. The molecule has 3 rings (SSSR count). The molecule has 0 nitrogen and oxygen atoms in total. The molecule has 0 aliphatic carbocycles. The van der Waals surface area contributed by atoms with Crippen LogP contribution in [0.15, 0.2) is 70.0 Å². The number of rotatable bonds is 3. The molecule has 0 radical (unpaired) electrons. The van der Waals surface area contributed by atoms with Crippen molar-refractivity contribution in [1.82, 2.24) is 0 Å². The molecule has 3 aromatic rings. The highest BCUT2D eigenvalue weighted by Gasteiger charge is 2.03. The lowest BCUT2D eigenvalue weighted by atomic mass is 10.1. The lowest BCUT2D eigenvalue weighted by Crippen LogP contribution is -1.86. The summed E-state index contributed by atoms with van der Waals surface area (Å²) in [5, 5.41) is 2.39. The van der Waals surface area contributed by atoms with Gasteiger partial charge >= 0.3 is 0 Å². The van der Waals surface area contributed by atoms with Gasteiger partial charge in [-0.3, -0.25) is 0 Å². The Morgan fingerprint density at radius 3 is 2.65 bits per heavy atom. The molecule has 100 valence electrons. The van der Waals surface area contributed by atoms with Crippen LogP contribution in [0.3, 0.4) is 0 Å². The van der Waals surface area contributed by atoms with Crippen molar-refractivity contribution in [1.29, 1.82) is 0 Å². The molecule has 0 heterocycles. The first-order chi connectivity index (χ1) is 9.74. The Morgan fingerprint density at radius 1 is 0.950 bits per heavy atom. The van der Waals surface area contributed by atoms with Crippen molar-refractivity contribution in [2.45, 2.75) is 10.6 Å². The van der Waals surface area contributed by atoms with E-state index in [4.69, 9.17) is 0 Å². The molecular weight excluding hydrogens is 335 g/mol. The van der Waals surface area contributed by atoms with E-state index in [1.165, 1.54) is 16.8 Å². The number of halogens is 2. The molecule has 0 fully saturated rings. The van der Waals surface area contributed by atoms with E-state index in [0.717, 1.165) is 14.9 Å². The topological polar surface area (TPSA) is 0 Å². The zero-order valence-corrected chi connectivity index (χ0v) is 13.0. The van der Waals surface area contributed by atoms with Crippen molar-refractivity contribution in [3.63, 3.8) is 0 Å². The second kappa shape index (κ2) is 5.98. The van der Waals surface area contributed by atoms with Gasteiger partial charge in [-0.05, 0) is 40.6 Å². The minimum absolute atomic E-state index is 0.136. The lowest BCUT2D eigenvalue weighted by Gasteiger charge is -2.06. The second-order valence-electron chi connectivity index (χ2n) is 4.50. The second-order valence-corrected chi connectivity index (χ2v) is 6.41. The lowest BCUT2D eigenvalue weighted by molar-refractivity contribution is 0.617. The van der Waals surface area contributed by atoms with Crippen LogP contribution in [-0.4, -0.2) is 0 Å². The Balaban J connectivity index is 1.83. The van der Waals surface area contributed by atoms with Gasteiger partial charge in [0.25, 0.3) is 0 Å². The molecule has 0 saturated carbocycles. The summed E-state index contributed by atoms with van der Waals surface area (Å²) in [6.07, 6.45) is 0. The number of fused-ring (bicyclic) bond motifs is 1. The number of benzene rings is 3. The molecule has 0 spiro atoms. The van der Waals surface area contributed by atoms with Crippen LogP contribution in [0.2, 0.25) is 0 Å². The van der Waals surface area contributed by atoms with E-state index in [9.17, 15) is 4.39 Å². The van der Waals surface area contributed by atoms with Gasteiger partial charge < -0.3 is 0 Å². The molecule has 3 aromatic carbocycles. The van der Waals surface area contributed by atoms with Gasteiger partial charge in [-0.25, -0.2) is 4.39 Å². The molecular formula is C17H12BrFS. The van der Waals surface area contributed by atoms with Gasteiger partial charge in [0.15, 0.2) is 0 Å². The molecule has 0 bridgehead atoms. The van der Waals surface area contributed by atoms with Crippen molar-refractivity contribution in [2.75, 3.05) is 0 Å². The highest BCUT2D eigenvalue weighted by molar-refractivity contribution is 9.10. The van der Waals surface area contributed by atoms with Crippen LogP contribution in [0, 0.1) is 5.82 Å². The Morgan fingerprint density at radius 2 is 1.80 bits per heavy atom. The van der Waals surface area contributed by atoms with Gasteiger partial charge in [0.2, 0.25) is 0 Å². The van der Waals surface area contributed by atoms with Crippen LogP contribution >= 0.6 is 27.7 Å². The van der Waals surface area contributed by atoms with Gasteiger partial charge in [-0.1, -0.05) is 52.3 Å². The molecule has 0 aromatic heterocycles. The molecule has 0 aliphatic rings. The highest BCUT2D eigenvalue weighted by Crippen LogP contribution is 2.30. The van der Waals surface area contributed by atoms with E-state index in [0.29, 0.717) is 5.75 Å². The predicted octanol–water partition coefficient (Wildman–Crippen LogP) is 6.03. The van der Waals surface area contributed by atoms with Crippen molar-refractivity contribution < 1.29 is 4.39 Å². The summed E-state index contributed by atoms with van der Waals surface area (Å²) in [6, 6.07) is 19.4. The SMILES string of the molecule is Fc1ccccc1CSc1ccc2c(Br)cccc2c1. The Labute approximate surface area is 130 Å². The summed E-state index contributed by atoms with van der Waals surface area (Å²) in [5.74, 6) is 0.509. The minimum atomic E-state index is -0.136. The molecule has 0 amide bonds. The van der Waals surface area contributed by atoms with E-state index in [2.05, 4.69) is 40.2 Å². The molecule has 3 heteroatoms. The first-order valence-corrected chi connectivity index (χ1v) is 8.06. The summed E-state index contributed by atoms with van der Waals surface area (Å²) in [5.41, 5.74) is 0.742. The molecule has 0 unspecified atom stereocenters. The van der Waals surface area contributed by atoms with E-state index in [1.54, 1.807) is 17.8 Å². The first-order valence-electron chi connectivity index (χ1n) is 6.28. The maximum Gasteiger partial charge on any atom is 0.127 e. The number of hydrogen-bond donors (Lipinski definition) is 0. The van der Waals surface area contributed by atoms with Crippen LogP contribution in [0.5, 0.6) is 0 Å². The third-order valence-corrected chi connectivity index (χ3v) is 4.88. The summed E-state index contributed by atoms with van der Waals surface area (Å²) in [4.78, 5) is 1.15. The van der Waals surface area contributed by atoms with E-state index < -0.39 is 0 Å². The van der Waals surface area contributed by atoms with Crippen LogP contribution < -0.4 is 0 Å². The van der Waals surface area contributed by atoms with Crippen molar-refractivity contribution in [3.8, 4) is 0 Å². The fraction of sp³-hybridized carbons (Fsp3) is 0.0588. The summed E-state index contributed by atoms with van der Waals surface area (Å²) in [6.45, 7) is 0. The number of thioether (sulfide) groups is 1. The summed E-state index contributed by atoms with van der Waals surface area (Å²) in [7, 11) is 0. The predicted molar refractivity (Wildman–Crippen MR) is 87.6 cm³/mol. The zero-order valence-electron chi connectivity index (χ0n) is 10.6. The fourth-order valence-corrected chi connectivity index (χ4v) is 3.53. The van der Waals surface area contributed by atoms with Crippen molar-refractivity contribution >= 4 is 38.5 Å².